The summed E-state index contributed by atoms with van der Waals surface area (Å²) in [4.78, 5) is 11.9. The Morgan fingerprint density at radius 2 is 2.15 bits per heavy atom. The number of nitrogens with one attached hydrogen (secondary N) is 1. The zero-order chi connectivity index (χ0) is 15.2. The fourth-order valence-corrected chi connectivity index (χ4v) is 2.52. The van der Waals surface area contributed by atoms with Crippen LogP contribution in [0.3, 0.4) is 0 Å². The van der Waals surface area contributed by atoms with Crippen molar-refractivity contribution in [3.05, 3.63) is 48.0 Å². The SMILES string of the molecule is C=CCN(CCNC(=O)c1cccc(C)c1)S(C)(=O)=O. The summed E-state index contributed by atoms with van der Waals surface area (Å²) >= 11 is 0. The van der Waals surface area contributed by atoms with Gasteiger partial charge in [-0.1, -0.05) is 23.8 Å². The minimum absolute atomic E-state index is 0.208. The van der Waals surface area contributed by atoms with Gasteiger partial charge in [0, 0.05) is 25.2 Å². The van der Waals surface area contributed by atoms with Crippen molar-refractivity contribution in [3.8, 4) is 0 Å². The summed E-state index contributed by atoms with van der Waals surface area (Å²) < 4.78 is 24.2. The molecule has 0 saturated heterocycles. The quantitative estimate of drug-likeness (QED) is 0.768. The smallest absolute Gasteiger partial charge is 0.251 e. The average Bonchev–Trinajstić information content (AvgIpc) is 2.36. The molecule has 0 atom stereocenters. The molecule has 0 aliphatic rings. The Hall–Kier alpha value is -1.66. The van der Waals surface area contributed by atoms with Gasteiger partial charge >= 0.3 is 0 Å². The van der Waals surface area contributed by atoms with E-state index in [4.69, 9.17) is 0 Å². The van der Waals surface area contributed by atoms with Crippen LogP contribution in [-0.4, -0.2) is 44.5 Å². The minimum atomic E-state index is -3.29. The maximum Gasteiger partial charge on any atom is 0.251 e. The van der Waals surface area contributed by atoms with Crippen molar-refractivity contribution in [3.63, 3.8) is 0 Å². The molecule has 0 radical (unpaired) electrons. The second-order valence-corrected chi connectivity index (χ2v) is 6.52. The third-order valence-electron chi connectivity index (χ3n) is 2.73. The number of hydrogen-bond donors (Lipinski definition) is 1. The molecule has 110 valence electrons. The first kappa shape index (κ1) is 16.4. The number of amides is 1. The fourth-order valence-electron chi connectivity index (χ4n) is 1.72. The van der Waals surface area contributed by atoms with Crippen LogP contribution in [0, 0.1) is 6.92 Å². The molecule has 0 unspecified atom stereocenters. The predicted octanol–water partition coefficient (Wildman–Crippen LogP) is 1.17. The molecule has 0 aromatic heterocycles. The van der Waals surface area contributed by atoms with Crippen molar-refractivity contribution in [1.82, 2.24) is 9.62 Å². The van der Waals surface area contributed by atoms with E-state index in [0.717, 1.165) is 11.8 Å². The van der Waals surface area contributed by atoms with Crippen LogP contribution < -0.4 is 5.32 Å². The van der Waals surface area contributed by atoms with E-state index in [0.29, 0.717) is 5.56 Å². The highest BCUT2D eigenvalue weighted by Crippen LogP contribution is 2.03. The number of nitrogens with zero attached hydrogens (tertiary/aromatic N) is 1. The minimum Gasteiger partial charge on any atom is -0.351 e. The van der Waals surface area contributed by atoms with Crippen LogP contribution in [0.1, 0.15) is 15.9 Å². The van der Waals surface area contributed by atoms with Gasteiger partial charge in [0.2, 0.25) is 10.0 Å². The molecule has 0 saturated carbocycles. The van der Waals surface area contributed by atoms with Crippen molar-refractivity contribution in [1.29, 1.82) is 0 Å². The Labute approximate surface area is 120 Å². The Kier molecular flexibility index (Phi) is 5.91. The van der Waals surface area contributed by atoms with E-state index in [1.54, 1.807) is 12.1 Å². The summed E-state index contributed by atoms with van der Waals surface area (Å²) in [5, 5.41) is 2.71. The average molecular weight is 296 g/mol. The molecule has 1 aromatic carbocycles. The van der Waals surface area contributed by atoms with Crippen molar-refractivity contribution in [2.75, 3.05) is 25.9 Å². The number of sulfonamides is 1. The van der Waals surface area contributed by atoms with Crippen molar-refractivity contribution in [2.45, 2.75) is 6.92 Å². The van der Waals surface area contributed by atoms with E-state index in [-0.39, 0.29) is 25.5 Å². The second kappa shape index (κ2) is 7.21. The molecule has 1 N–H and O–H groups in total. The molecular weight excluding hydrogens is 276 g/mol. The van der Waals surface area contributed by atoms with Crippen molar-refractivity contribution >= 4 is 15.9 Å². The topological polar surface area (TPSA) is 66.5 Å². The third kappa shape index (κ3) is 5.14. The molecule has 5 nitrogen and oxygen atoms in total. The molecular formula is C14H20N2O3S. The number of carbonyl (C=O) groups is 1. The Morgan fingerprint density at radius 1 is 1.45 bits per heavy atom. The normalized spacial score (nSPS) is 11.3. The standard InChI is InChI=1S/C14H20N2O3S/c1-4-9-16(20(3,18)19)10-8-15-14(17)13-7-5-6-12(2)11-13/h4-7,11H,1,8-10H2,2-3H3,(H,15,17). The van der Waals surface area contributed by atoms with Gasteiger partial charge in [0.05, 0.1) is 6.26 Å². The van der Waals surface area contributed by atoms with E-state index in [9.17, 15) is 13.2 Å². The van der Waals surface area contributed by atoms with Crippen LogP contribution in [0.5, 0.6) is 0 Å². The maximum atomic E-state index is 11.9. The summed E-state index contributed by atoms with van der Waals surface area (Å²) in [7, 11) is -3.29. The monoisotopic (exact) mass is 296 g/mol. The summed E-state index contributed by atoms with van der Waals surface area (Å²) in [6, 6.07) is 7.23. The second-order valence-electron chi connectivity index (χ2n) is 4.54. The van der Waals surface area contributed by atoms with E-state index in [1.807, 2.05) is 19.1 Å². The molecule has 0 aliphatic carbocycles. The summed E-state index contributed by atoms with van der Waals surface area (Å²) in [6.45, 7) is 6.15. The number of carbonyl (C=O) groups excluding carboxylic acids is 1. The largest absolute Gasteiger partial charge is 0.351 e. The van der Waals surface area contributed by atoms with Gasteiger partial charge in [-0.05, 0) is 19.1 Å². The molecule has 0 aliphatic heterocycles. The fraction of sp³-hybridized carbons (Fsp3) is 0.357. The molecule has 0 spiro atoms. The van der Waals surface area contributed by atoms with Crippen LogP contribution in [0.4, 0.5) is 0 Å². The van der Waals surface area contributed by atoms with Gasteiger partial charge in [-0.3, -0.25) is 4.79 Å². The van der Waals surface area contributed by atoms with Gasteiger partial charge in [0.25, 0.3) is 5.91 Å². The first-order valence-electron chi connectivity index (χ1n) is 6.25. The highest BCUT2D eigenvalue weighted by atomic mass is 32.2. The van der Waals surface area contributed by atoms with Gasteiger partial charge in [-0.2, -0.15) is 4.31 Å². The predicted molar refractivity (Wildman–Crippen MR) is 80.1 cm³/mol. The van der Waals surface area contributed by atoms with Gasteiger partial charge in [0.1, 0.15) is 0 Å². The molecule has 0 bridgehead atoms. The van der Waals surface area contributed by atoms with Crippen LogP contribution in [0.25, 0.3) is 0 Å². The van der Waals surface area contributed by atoms with E-state index in [2.05, 4.69) is 11.9 Å². The van der Waals surface area contributed by atoms with E-state index >= 15 is 0 Å². The van der Waals surface area contributed by atoms with Crippen LogP contribution in [-0.2, 0) is 10.0 Å². The zero-order valence-electron chi connectivity index (χ0n) is 11.8. The number of benzene rings is 1. The van der Waals surface area contributed by atoms with Gasteiger partial charge < -0.3 is 5.32 Å². The van der Waals surface area contributed by atoms with Crippen LogP contribution in [0.15, 0.2) is 36.9 Å². The molecule has 1 aromatic rings. The third-order valence-corrected chi connectivity index (χ3v) is 4.00. The maximum absolute atomic E-state index is 11.9. The van der Waals surface area contributed by atoms with Crippen molar-refractivity contribution < 1.29 is 13.2 Å². The van der Waals surface area contributed by atoms with Crippen LogP contribution >= 0.6 is 0 Å². The van der Waals surface area contributed by atoms with Crippen molar-refractivity contribution in [2.24, 2.45) is 0 Å². The lowest BCUT2D eigenvalue weighted by Gasteiger charge is -2.18. The Morgan fingerprint density at radius 3 is 2.70 bits per heavy atom. The summed E-state index contributed by atoms with van der Waals surface area (Å²) in [5.41, 5.74) is 1.57. The van der Waals surface area contributed by atoms with Gasteiger partial charge in [-0.25, -0.2) is 8.42 Å². The molecule has 1 amide bonds. The molecule has 6 heteroatoms. The molecule has 20 heavy (non-hydrogen) atoms. The number of aryl methyl sites for hydroxylation is 1. The van der Waals surface area contributed by atoms with Crippen LogP contribution in [0.2, 0.25) is 0 Å². The van der Waals surface area contributed by atoms with Gasteiger partial charge in [0.15, 0.2) is 0 Å². The molecule has 1 rings (SSSR count). The molecule has 0 fully saturated rings. The first-order chi connectivity index (χ1) is 9.34. The first-order valence-corrected chi connectivity index (χ1v) is 8.10. The van der Waals surface area contributed by atoms with Gasteiger partial charge in [-0.15, -0.1) is 6.58 Å². The highest BCUT2D eigenvalue weighted by molar-refractivity contribution is 7.88. The summed E-state index contributed by atoms with van der Waals surface area (Å²) in [6.07, 6.45) is 2.66. The lowest BCUT2D eigenvalue weighted by molar-refractivity contribution is 0.0952. The number of rotatable bonds is 7. The zero-order valence-corrected chi connectivity index (χ0v) is 12.6. The summed E-state index contributed by atoms with van der Waals surface area (Å²) in [5.74, 6) is -0.208. The Balaban J connectivity index is 2.55. The van der Waals surface area contributed by atoms with E-state index < -0.39 is 10.0 Å². The van der Waals surface area contributed by atoms with E-state index in [1.165, 1.54) is 10.4 Å². The Bertz CT molecular complexity index is 582. The lowest BCUT2D eigenvalue weighted by atomic mass is 10.1. The number of hydrogen-bond acceptors (Lipinski definition) is 3. The lowest BCUT2D eigenvalue weighted by Crippen LogP contribution is -2.38. The molecule has 0 heterocycles. The highest BCUT2D eigenvalue weighted by Gasteiger charge is 2.14.